The van der Waals surface area contributed by atoms with Crippen molar-refractivity contribution in [2.24, 2.45) is 0 Å². The average molecular weight is 252 g/mol. The van der Waals surface area contributed by atoms with Crippen LogP contribution in [0.25, 0.3) is 0 Å². The van der Waals surface area contributed by atoms with Gasteiger partial charge in [0.15, 0.2) is 0 Å². The van der Waals surface area contributed by atoms with Gasteiger partial charge >= 0.3 is 0 Å². The van der Waals surface area contributed by atoms with Gasteiger partial charge in [0, 0.05) is 12.6 Å². The first-order valence-electron chi connectivity index (χ1n) is 6.35. The van der Waals surface area contributed by atoms with Crippen LogP contribution in [0.2, 0.25) is 0 Å². The van der Waals surface area contributed by atoms with Crippen LogP contribution in [-0.4, -0.2) is 29.5 Å². The monoisotopic (exact) mass is 252 g/mol. The quantitative estimate of drug-likeness (QED) is 0.550. The van der Waals surface area contributed by atoms with Crippen LogP contribution in [0.1, 0.15) is 32.0 Å². The normalized spacial score (nSPS) is 10.9. The van der Waals surface area contributed by atoms with E-state index in [4.69, 9.17) is 10.5 Å². The van der Waals surface area contributed by atoms with Crippen LogP contribution in [0.3, 0.4) is 0 Å². The lowest BCUT2D eigenvalue weighted by Crippen LogP contribution is -2.15. The number of anilines is 2. The Morgan fingerprint density at radius 1 is 1.50 bits per heavy atom. The van der Waals surface area contributed by atoms with E-state index in [0.29, 0.717) is 13.2 Å². The van der Waals surface area contributed by atoms with Crippen molar-refractivity contribution in [3.63, 3.8) is 0 Å². The highest BCUT2D eigenvalue weighted by molar-refractivity contribution is 5.64. The highest BCUT2D eigenvalue weighted by atomic mass is 16.5. The molecule has 0 fully saturated rings. The molecule has 0 spiro atoms. The second kappa shape index (κ2) is 7.06. The Balaban J connectivity index is 2.48. The minimum Gasteiger partial charge on any atom is -0.394 e. The van der Waals surface area contributed by atoms with Crippen LogP contribution >= 0.6 is 0 Å². The molecule has 0 atom stereocenters. The molecule has 102 valence electrons. The van der Waals surface area contributed by atoms with Gasteiger partial charge in [-0.1, -0.05) is 6.08 Å². The van der Waals surface area contributed by atoms with Crippen molar-refractivity contribution in [3.05, 3.63) is 18.3 Å². The van der Waals surface area contributed by atoms with Gasteiger partial charge in [0.25, 0.3) is 0 Å². The first-order chi connectivity index (χ1) is 8.57. The van der Waals surface area contributed by atoms with E-state index in [2.05, 4.69) is 30.8 Å². The summed E-state index contributed by atoms with van der Waals surface area (Å²) >= 11 is 0. The van der Waals surface area contributed by atoms with Gasteiger partial charge < -0.3 is 15.8 Å². The number of aromatic nitrogens is 2. The summed E-state index contributed by atoms with van der Waals surface area (Å²) in [6.45, 7) is 11.8. The molecule has 1 heterocycles. The third-order valence-electron chi connectivity index (χ3n) is 2.63. The fraction of sp³-hybridized carbons (Fsp3) is 0.615. The smallest absolute Gasteiger partial charge is 0.148 e. The molecule has 1 rings (SSSR count). The molecule has 1 aromatic rings. The lowest BCUT2D eigenvalue weighted by atomic mass is 10.3. The van der Waals surface area contributed by atoms with Crippen molar-refractivity contribution < 1.29 is 4.74 Å². The van der Waals surface area contributed by atoms with Gasteiger partial charge in [-0.05, 0) is 27.2 Å². The number of rotatable bonds is 8. The Labute approximate surface area is 109 Å². The molecule has 0 aromatic carbocycles. The second-order valence-electron chi connectivity index (χ2n) is 4.50. The minimum absolute atomic E-state index is 0.283. The van der Waals surface area contributed by atoms with E-state index in [1.54, 1.807) is 0 Å². The molecule has 0 aliphatic heterocycles. The van der Waals surface area contributed by atoms with Gasteiger partial charge in [-0.3, -0.25) is 0 Å². The largest absolute Gasteiger partial charge is 0.394 e. The molecule has 0 aliphatic rings. The van der Waals surface area contributed by atoms with E-state index in [1.165, 1.54) is 0 Å². The predicted molar refractivity (Wildman–Crippen MR) is 75.9 cm³/mol. The number of ether oxygens (including phenoxy) is 1. The molecule has 3 N–H and O–H groups in total. The summed E-state index contributed by atoms with van der Waals surface area (Å²) in [5, 5.41) is 7.70. The fourth-order valence-electron chi connectivity index (χ4n) is 1.62. The summed E-state index contributed by atoms with van der Waals surface area (Å²) in [4.78, 5) is 0. The van der Waals surface area contributed by atoms with Gasteiger partial charge in [0.05, 0.1) is 24.6 Å². The van der Waals surface area contributed by atoms with Crippen molar-refractivity contribution in [2.75, 3.05) is 30.8 Å². The SMILES string of the molecule is C=CCCOCCNc1c(N)c(C)nn1C(C)C. The van der Waals surface area contributed by atoms with Crippen molar-refractivity contribution in [2.45, 2.75) is 33.2 Å². The first-order valence-corrected chi connectivity index (χ1v) is 6.35. The van der Waals surface area contributed by atoms with E-state index in [1.807, 2.05) is 17.7 Å². The van der Waals surface area contributed by atoms with Crippen molar-refractivity contribution in [1.82, 2.24) is 9.78 Å². The molecule has 0 saturated carbocycles. The summed E-state index contributed by atoms with van der Waals surface area (Å²) in [6, 6.07) is 0.283. The first kappa shape index (κ1) is 14.6. The van der Waals surface area contributed by atoms with E-state index in [9.17, 15) is 0 Å². The maximum atomic E-state index is 6.00. The van der Waals surface area contributed by atoms with Crippen molar-refractivity contribution in [1.29, 1.82) is 0 Å². The molecule has 0 bridgehead atoms. The minimum atomic E-state index is 0.283. The summed E-state index contributed by atoms with van der Waals surface area (Å²) in [7, 11) is 0. The summed E-state index contributed by atoms with van der Waals surface area (Å²) < 4.78 is 7.35. The fourth-order valence-corrected chi connectivity index (χ4v) is 1.62. The molecular formula is C13H24N4O. The van der Waals surface area contributed by atoms with Gasteiger partial charge in [0.2, 0.25) is 0 Å². The van der Waals surface area contributed by atoms with Crippen molar-refractivity contribution in [3.8, 4) is 0 Å². The molecule has 0 amide bonds. The van der Waals surface area contributed by atoms with E-state index >= 15 is 0 Å². The molecule has 0 aliphatic carbocycles. The molecule has 18 heavy (non-hydrogen) atoms. The highest BCUT2D eigenvalue weighted by Gasteiger charge is 2.13. The van der Waals surface area contributed by atoms with Crippen LogP contribution in [-0.2, 0) is 4.74 Å². The number of aryl methyl sites for hydroxylation is 1. The summed E-state index contributed by atoms with van der Waals surface area (Å²) in [5.74, 6) is 0.884. The van der Waals surface area contributed by atoms with Crippen LogP contribution in [0.15, 0.2) is 12.7 Å². The zero-order valence-corrected chi connectivity index (χ0v) is 11.6. The van der Waals surface area contributed by atoms with Gasteiger partial charge in [0.1, 0.15) is 5.82 Å². The Hall–Kier alpha value is -1.49. The van der Waals surface area contributed by atoms with Crippen LogP contribution in [0.5, 0.6) is 0 Å². The van der Waals surface area contributed by atoms with Crippen LogP contribution in [0.4, 0.5) is 11.5 Å². The zero-order chi connectivity index (χ0) is 13.5. The number of nitrogens with zero attached hydrogens (tertiary/aromatic N) is 2. The topological polar surface area (TPSA) is 65.1 Å². The Kier molecular flexibility index (Phi) is 5.71. The maximum absolute atomic E-state index is 6.00. The number of nitrogens with two attached hydrogens (primary N) is 1. The standard InChI is InChI=1S/C13H24N4O/c1-5-6-8-18-9-7-15-13-12(14)11(4)16-17(13)10(2)3/h5,10,15H,1,6-9,14H2,2-4H3. The number of nitrogens with one attached hydrogen (secondary N) is 1. The van der Waals surface area contributed by atoms with E-state index in [0.717, 1.165) is 30.2 Å². The summed E-state index contributed by atoms with van der Waals surface area (Å²) in [5.41, 5.74) is 7.58. The molecule has 0 unspecified atom stereocenters. The number of nitrogen functional groups attached to an aromatic ring is 1. The lowest BCUT2D eigenvalue weighted by molar-refractivity contribution is 0.148. The molecule has 5 heteroatoms. The lowest BCUT2D eigenvalue weighted by Gasteiger charge is -2.13. The molecule has 0 saturated heterocycles. The van der Waals surface area contributed by atoms with Gasteiger partial charge in [-0.15, -0.1) is 6.58 Å². The Bertz CT molecular complexity index is 385. The predicted octanol–water partition coefficient (Wildman–Crippen LogP) is 2.36. The molecule has 5 nitrogen and oxygen atoms in total. The number of hydrogen-bond donors (Lipinski definition) is 2. The molecule has 0 radical (unpaired) electrons. The highest BCUT2D eigenvalue weighted by Crippen LogP contribution is 2.25. The molecular weight excluding hydrogens is 228 g/mol. The Morgan fingerprint density at radius 2 is 2.22 bits per heavy atom. The maximum Gasteiger partial charge on any atom is 0.148 e. The van der Waals surface area contributed by atoms with Gasteiger partial charge in [-0.2, -0.15) is 5.10 Å². The summed E-state index contributed by atoms with van der Waals surface area (Å²) in [6.07, 6.45) is 2.73. The number of hydrogen-bond acceptors (Lipinski definition) is 4. The van der Waals surface area contributed by atoms with Crippen LogP contribution < -0.4 is 11.1 Å². The third-order valence-corrected chi connectivity index (χ3v) is 2.63. The zero-order valence-electron chi connectivity index (χ0n) is 11.6. The molecule has 1 aromatic heterocycles. The van der Waals surface area contributed by atoms with Crippen LogP contribution in [0, 0.1) is 6.92 Å². The Morgan fingerprint density at radius 3 is 2.83 bits per heavy atom. The van der Waals surface area contributed by atoms with E-state index in [-0.39, 0.29) is 6.04 Å². The van der Waals surface area contributed by atoms with E-state index < -0.39 is 0 Å². The average Bonchev–Trinajstić information content (AvgIpc) is 2.61. The second-order valence-corrected chi connectivity index (χ2v) is 4.50. The van der Waals surface area contributed by atoms with Crippen molar-refractivity contribution >= 4 is 11.5 Å². The third kappa shape index (κ3) is 3.77. The van der Waals surface area contributed by atoms with Gasteiger partial charge in [-0.25, -0.2) is 4.68 Å².